The lowest BCUT2D eigenvalue weighted by Crippen LogP contribution is -2.26. The third-order valence-electron chi connectivity index (χ3n) is 3.33. The van der Waals surface area contributed by atoms with Gasteiger partial charge >= 0.3 is 0 Å². The van der Waals surface area contributed by atoms with E-state index in [2.05, 4.69) is 15.5 Å². The molecular weight excluding hydrogens is 304 g/mol. The van der Waals surface area contributed by atoms with Crippen molar-refractivity contribution in [3.8, 4) is 11.4 Å². The first-order chi connectivity index (χ1) is 11.8. The van der Waals surface area contributed by atoms with Crippen molar-refractivity contribution in [1.82, 2.24) is 20.3 Å². The van der Waals surface area contributed by atoms with E-state index >= 15 is 0 Å². The highest BCUT2D eigenvalue weighted by molar-refractivity contribution is 5.91. The number of carbonyl (C=O) groups excluding carboxylic acids is 1. The van der Waals surface area contributed by atoms with Crippen LogP contribution in [-0.2, 0) is 0 Å². The molecule has 0 saturated heterocycles. The minimum atomic E-state index is -0.239. The number of ether oxygens (including phenoxy) is 1. The van der Waals surface area contributed by atoms with Gasteiger partial charge in [0.2, 0.25) is 0 Å². The molecule has 0 radical (unpaired) electrons. The van der Waals surface area contributed by atoms with Gasteiger partial charge in [0.05, 0.1) is 18.5 Å². The van der Waals surface area contributed by atoms with Gasteiger partial charge in [0.25, 0.3) is 5.91 Å². The zero-order valence-electron chi connectivity index (χ0n) is 13.1. The van der Waals surface area contributed by atoms with E-state index in [1.54, 1.807) is 0 Å². The maximum atomic E-state index is 12.1. The molecule has 0 saturated carbocycles. The van der Waals surface area contributed by atoms with Crippen LogP contribution in [0.1, 0.15) is 16.9 Å². The Morgan fingerprint density at radius 3 is 2.50 bits per heavy atom. The van der Waals surface area contributed by atoms with E-state index in [1.165, 1.54) is 11.0 Å². The Morgan fingerprint density at radius 1 is 1.04 bits per heavy atom. The van der Waals surface area contributed by atoms with Crippen LogP contribution in [0.25, 0.3) is 5.69 Å². The predicted octanol–water partition coefficient (Wildman–Crippen LogP) is 2.47. The number of aromatic nitrogens is 3. The van der Waals surface area contributed by atoms with Crippen LogP contribution >= 0.6 is 0 Å². The molecule has 1 amide bonds. The lowest BCUT2D eigenvalue weighted by atomic mass is 10.3. The van der Waals surface area contributed by atoms with Gasteiger partial charge in [-0.2, -0.15) is 9.90 Å². The van der Waals surface area contributed by atoms with Crippen molar-refractivity contribution in [2.75, 3.05) is 13.2 Å². The smallest absolute Gasteiger partial charge is 0.273 e. The third kappa shape index (κ3) is 4.19. The summed E-state index contributed by atoms with van der Waals surface area (Å²) in [5.74, 6) is 0.589. The number of nitrogens with zero attached hydrogens (tertiary/aromatic N) is 3. The van der Waals surface area contributed by atoms with Crippen molar-refractivity contribution in [2.45, 2.75) is 6.42 Å². The molecule has 0 aliphatic carbocycles. The number of nitrogens with one attached hydrogen (secondary N) is 1. The average molecular weight is 322 g/mol. The van der Waals surface area contributed by atoms with E-state index in [-0.39, 0.29) is 5.91 Å². The van der Waals surface area contributed by atoms with E-state index in [9.17, 15) is 4.79 Å². The number of para-hydroxylation sites is 2. The molecule has 1 heterocycles. The second-order valence-corrected chi connectivity index (χ2v) is 5.13. The molecule has 2 aromatic carbocycles. The molecular formula is C18H18N4O2. The number of amides is 1. The number of benzene rings is 2. The minimum Gasteiger partial charge on any atom is -0.494 e. The van der Waals surface area contributed by atoms with Crippen molar-refractivity contribution in [1.29, 1.82) is 0 Å². The molecule has 122 valence electrons. The van der Waals surface area contributed by atoms with Crippen LogP contribution < -0.4 is 10.1 Å². The summed E-state index contributed by atoms with van der Waals surface area (Å²) in [6, 6.07) is 19.1. The molecule has 0 aliphatic rings. The van der Waals surface area contributed by atoms with Crippen LogP contribution in [0.4, 0.5) is 0 Å². The summed E-state index contributed by atoms with van der Waals surface area (Å²) in [4.78, 5) is 13.5. The van der Waals surface area contributed by atoms with Crippen molar-refractivity contribution in [3.63, 3.8) is 0 Å². The van der Waals surface area contributed by atoms with Gasteiger partial charge in [-0.25, -0.2) is 0 Å². The van der Waals surface area contributed by atoms with Gasteiger partial charge in [-0.1, -0.05) is 36.4 Å². The summed E-state index contributed by atoms with van der Waals surface area (Å²) in [6.45, 7) is 1.06. The van der Waals surface area contributed by atoms with Gasteiger partial charge in [-0.15, -0.1) is 5.10 Å². The molecule has 3 rings (SSSR count). The van der Waals surface area contributed by atoms with Gasteiger partial charge in [0, 0.05) is 6.54 Å². The third-order valence-corrected chi connectivity index (χ3v) is 3.33. The van der Waals surface area contributed by atoms with Crippen LogP contribution in [0.15, 0.2) is 66.9 Å². The van der Waals surface area contributed by atoms with Crippen LogP contribution in [-0.4, -0.2) is 34.1 Å². The molecule has 1 N–H and O–H groups in total. The molecule has 1 aromatic heterocycles. The molecule has 6 nitrogen and oxygen atoms in total. The van der Waals surface area contributed by atoms with Crippen LogP contribution in [0.5, 0.6) is 5.75 Å². The highest BCUT2D eigenvalue weighted by atomic mass is 16.5. The fraction of sp³-hybridized carbons (Fsp3) is 0.167. The fourth-order valence-electron chi connectivity index (χ4n) is 2.12. The van der Waals surface area contributed by atoms with E-state index in [0.29, 0.717) is 25.3 Å². The standard InChI is InChI=1S/C18H18N4O2/c23-18(19-12-7-13-24-16-10-5-2-6-11-16)17-14-20-22(21-17)15-8-3-1-4-9-15/h1-6,8-11,14H,7,12-13H2,(H,19,23). The Kier molecular flexibility index (Phi) is 5.19. The summed E-state index contributed by atoms with van der Waals surface area (Å²) in [5.41, 5.74) is 1.11. The summed E-state index contributed by atoms with van der Waals surface area (Å²) < 4.78 is 5.57. The summed E-state index contributed by atoms with van der Waals surface area (Å²) >= 11 is 0. The molecule has 0 unspecified atom stereocenters. The summed E-state index contributed by atoms with van der Waals surface area (Å²) in [6.07, 6.45) is 2.18. The average Bonchev–Trinajstić information content (AvgIpc) is 3.13. The van der Waals surface area contributed by atoms with E-state index in [4.69, 9.17) is 4.74 Å². The molecule has 0 spiro atoms. The quantitative estimate of drug-likeness (QED) is 0.679. The summed E-state index contributed by atoms with van der Waals surface area (Å²) in [7, 11) is 0. The van der Waals surface area contributed by atoms with Crippen molar-refractivity contribution >= 4 is 5.91 Å². The molecule has 24 heavy (non-hydrogen) atoms. The number of hydrogen-bond acceptors (Lipinski definition) is 4. The fourth-order valence-corrected chi connectivity index (χ4v) is 2.12. The largest absolute Gasteiger partial charge is 0.494 e. The number of carbonyl (C=O) groups is 1. The number of rotatable bonds is 7. The van der Waals surface area contributed by atoms with E-state index in [0.717, 1.165) is 11.4 Å². The first kappa shape index (κ1) is 15.7. The molecule has 6 heteroatoms. The maximum absolute atomic E-state index is 12.1. The number of hydrogen-bond donors (Lipinski definition) is 1. The van der Waals surface area contributed by atoms with Crippen molar-refractivity contribution in [3.05, 3.63) is 72.6 Å². The van der Waals surface area contributed by atoms with E-state index in [1.807, 2.05) is 60.7 Å². The zero-order valence-corrected chi connectivity index (χ0v) is 13.1. The van der Waals surface area contributed by atoms with Crippen LogP contribution in [0.3, 0.4) is 0 Å². The lowest BCUT2D eigenvalue weighted by Gasteiger charge is -2.06. The second kappa shape index (κ2) is 7.92. The van der Waals surface area contributed by atoms with Gasteiger partial charge < -0.3 is 10.1 Å². The monoisotopic (exact) mass is 322 g/mol. The van der Waals surface area contributed by atoms with Gasteiger partial charge in [-0.05, 0) is 30.7 Å². The van der Waals surface area contributed by atoms with Crippen LogP contribution in [0, 0.1) is 0 Å². The SMILES string of the molecule is O=C(NCCCOc1ccccc1)c1cnn(-c2ccccc2)n1. The van der Waals surface area contributed by atoms with Crippen molar-refractivity contribution < 1.29 is 9.53 Å². The topological polar surface area (TPSA) is 69.0 Å². The Bertz CT molecular complexity index is 772. The van der Waals surface area contributed by atoms with Gasteiger partial charge in [0.1, 0.15) is 5.75 Å². The summed E-state index contributed by atoms with van der Waals surface area (Å²) in [5, 5.41) is 11.1. The van der Waals surface area contributed by atoms with Gasteiger partial charge in [0.15, 0.2) is 5.69 Å². The Labute approximate surface area is 140 Å². The maximum Gasteiger partial charge on any atom is 0.273 e. The van der Waals surface area contributed by atoms with Crippen LogP contribution in [0.2, 0.25) is 0 Å². The highest BCUT2D eigenvalue weighted by Crippen LogP contribution is 2.08. The lowest BCUT2D eigenvalue weighted by molar-refractivity contribution is 0.0946. The second-order valence-electron chi connectivity index (χ2n) is 5.13. The predicted molar refractivity (Wildman–Crippen MR) is 90.2 cm³/mol. The minimum absolute atomic E-state index is 0.239. The molecule has 0 fully saturated rings. The van der Waals surface area contributed by atoms with Gasteiger partial charge in [-0.3, -0.25) is 4.79 Å². The van der Waals surface area contributed by atoms with E-state index < -0.39 is 0 Å². The first-order valence-electron chi connectivity index (χ1n) is 7.77. The Morgan fingerprint density at radius 2 is 1.75 bits per heavy atom. The normalized spacial score (nSPS) is 10.3. The Balaban J connectivity index is 1.43. The molecule has 3 aromatic rings. The molecule has 0 aliphatic heterocycles. The molecule has 0 bridgehead atoms. The highest BCUT2D eigenvalue weighted by Gasteiger charge is 2.10. The zero-order chi connectivity index (χ0) is 16.6. The van der Waals surface area contributed by atoms with Crippen molar-refractivity contribution in [2.24, 2.45) is 0 Å². The molecule has 0 atom stereocenters. The first-order valence-corrected chi connectivity index (χ1v) is 7.77. The Hall–Kier alpha value is -3.15.